The van der Waals surface area contributed by atoms with E-state index < -0.39 is 12.0 Å². The zero-order valence-corrected chi connectivity index (χ0v) is 13.5. The number of hydrazone groups is 1. The van der Waals surface area contributed by atoms with Crippen molar-refractivity contribution < 1.29 is 9.53 Å². The number of nitrogens with one attached hydrogen (secondary N) is 1. The van der Waals surface area contributed by atoms with Gasteiger partial charge in [-0.3, -0.25) is 4.79 Å². The highest BCUT2D eigenvalue weighted by Gasteiger charge is 2.16. The molecule has 0 aliphatic rings. The molecule has 110 valence electrons. The van der Waals surface area contributed by atoms with E-state index in [1.807, 2.05) is 0 Å². The van der Waals surface area contributed by atoms with E-state index in [1.54, 1.807) is 19.1 Å². The molecule has 0 fully saturated rings. The van der Waals surface area contributed by atoms with Gasteiger partial charge in [0.05, 0.1) is 22.5 Å². The van der Waals surface area contributed by atoms with E-state index in [4.69, 9.17) is 51.1 Å². The summed E-state index contributed by atoms with van der Waals surface area (Å²) in [7, 11) is 0. The van der Waals surface area contributed by atoms with Gasteiger partial charge in [0.15, 0.2) is 6.10 Å². The summed E-state index contributed by atoms with van der Waals surface area (Å²) in [4.78, 5) is 11.8. The van der Waals surface area contributed by atoms with Gasteiger partial charge in [0.1, 0.15) is 5.75 Å². The van der Waals surface area contributed by atoms with Crippen LogP contribution in [0.4, 0.5) is 0 Å². The largest absolute Gasteiger partial charge is 0.479 e. The first-order valence-electron chi connectivity index (χ1n) is 5.56. The average Bonchev–Trinajstić information content (AvgIpc) is 2.42. The number of hydrogen-bond donors (Lipinski definition) is 1. The number of hydrogen-bond acceptors (Lipinski definition) is 3. The molecule has 4 nitrogen and oxygen atoms in total. The van der Waals surface area contributed by atoms with E-state index in [-0.39, 0.29) is 11.8 Å². The van der Waals surface area contributed by atoms with Gasteiger partial charge in [-0.15, -0.1) is 23.2 Å². The lowest BCUT2D eigenvalue weighted by atomic mass is 10.3. The topological polar surface area (TPSA) is 50.7 Å². The van der Waals surface area contributed by atoms with Crippen molar-refractivity contribution in [3.63, 3.8) is 0 Å². The summed E-state index contributed by atoms with van der Waals surface area (Å²) in [6.45, 7) is 1.57. The lowest BCUT2D eigenvalue weighted by Gasteiger charge is -2.14. The smallest absolute Gasteiger partial charge is 0.280 e. The summed E-state index contributed by atoms with van der Waals surface area (Å²) in [5.74, 6) is 0.200. The molecule has 1 rings (SSSR count). The van der Waals surface area contributed by atoms with Crippen LogP contribution < -0.4 is 10.2 Å². The van der Waals surface area contributed by atoms with Crippen molar-refractivity contribution >= 4 is 58.0 Å². The van der Waals surface area contributed by atoms with Crippen molar-refractivity contribution in [1.29, 1.82) is 0 Å². The van der Waals surface area contributed by atoms with Crippen LogP contribution in [0, 0.1) is 0 Å². The molecule has 0 aliphatic carbocycles. The molecule has 0 saturated carbocycles. The molecule has 1 aromatic carbocycles. The quantitative estimate of drug-likeness (QED) is 0.479. The van der Waals surface area contributed by atoms with E-state index in [9.17, 15) is 4.79 Å². The van der Waals surface area contributed by atoms with Crippen LogP contribution in [0.1, 0.15) is 6.92 Å². The lowest BCUT2D eigenvalue weighted by molar-refractivity contribution is -0.127. The number of rotatable bonds is 6. The Balaban J connectivity index is 2.64. The lowest BCUT2D eigenvalue weighted by Crippen LogP contribution is -2.34. The Morgan fingerprint density at radius 3 is 2.55 bits per heavy atom. The van der Waals surface area contributed by atoms with E-state index in [2.05, 4.69) is 10.5 Å². The summed E-state index contributed by atoms with van der Waals surface area (Å²) in [5, 5.41) is 4.59. The first-order chi connectivity index (χ1) is 9.47. The highest BCUT2D eigenvalue weighted by molar-refractivity contribution is 6.37. The normalized spacial score (nSPS) is 11.7. The first-order valence-corrected chi connectivity index (χ1v) is 7.39. The molecule has 0 radical (unpaired) electrons. The zero-order chi connectivity index (χ0) is 15.1. The maximum Gasteiger partial charge on any atom is 0.280 e. The monoisotopic (exact) mass is 356 g/mol. The van der Waals surface area contributed by atoms with Crippen LogP contribution in [-0.2, 0) is 4.79 Å². The van der Waals surface area contributed by atoms with Crippen molar-refractivity contribution in [2.75, 3.05) is 11.8 Å². The fourth-order valence-electron chi connectivity index (χ4n) is 1.14. The van der Waals surface area contributed by atoms with Crippen LogP contribution >= 0.6 is 46.4 Å². The third-order valence-electron chi connectivity index (χ3n) is 2.20. The van der Waals surface area contributed by atoms with Crippen LogP contribution in [0.2, 0.25) is 10.0 Å². The molecule has 1 amide bonds. The first kappa shape index (κ1) is 17.4. The number of nitrogens with zero attached hydrogens (tertiary/aromatic N) is 1. The summed E-state index contributed by atoms with van der Waals surface area (Å²) in [5.41, 5.74) is 2.78. The minimum absolute atomic E-state index is 0.141. The van der Waals surface area contributed by atoms with Crippen molar-refractivity contribution in [2.24, 2.45) is 5.10 Å². The molecule has 20 heavy (non-hydrogen) atoms. The van der Waals surface area contributed by atoms with Crippen LogP contribution in [0.5, 0.6) is 5.75 Å². The molecule has 0 spiro atoms. The Bertz CT molecular complexity index is 502. The van der Waals surface area contributed by atoms with E-state index >= 15 is 0 Å². The molecule has 1 aromatic rings. The molecule has 0 heterocycles. The SMILES string of the molecule is CC(Oc1ccc(Cl)cc1Cl)C(=O)NN=C(CCl)CCl. The maximum atomic E-state index is 11.8. The molecule has 0 aliphatic heterocycles. The van der Waals surface area contributed by atoms with Crippen molar-refractivity contribution in [1.82, 2.24) is 5.43 Å². The number of carbonyl (C=O) groups is 1. The van der Waals surface area contributed by atoms with Gasteiger partial charge in [-0.05, 0) is 25.1 Å². The third-order valence-corrected chi connectivity index (χ3v) is 3.35. The van der Waals surface area contributed by atoms with Gasteiger partial charge in [0, 0.05) is 5.02 Å². The number of alkyl halides is 2. The van der Waals surface area contributed by atoms with Gasteiger partial charge >= 0.3 is 0 Å². The Kier molecular flexibility index (Phi) is 7.45. The molecule has 1 unspecified atom stereocenters. The van der Waals surface area contributed by atoms with Gasteiger partial charge in [-0.1, -0.05) is 23.2 Å². The zero-order valence-electron chi connectivity index (χ0n) is 10.5. The second-order valence-corrected chi connectivity index (χ2v) is 5.13. The Morgan fingerprint density at radius 1 is 1.35 bits per heavy atom. The number of benzene rings is 1. The number of carbonyl (C=O) groups excluding carboxylic acids is 1. The summed E-state index contributed by atoms with van der Waals surface area (Å²) >= 11 is 22.9. The van der Waals surface area contributed by atoms with Gasteiger partial charge < -0.3 is 4.74 Å². The second kappa shape index (κ2) is 8.57. The minimum atomic E-state index is -0.788. The molecule has 0 saturated heterocycles. The summed E-state index contributed by atoms with van der Waals surface area (Å²) in [6, 6.07) is 4.73. The van der Waals surface area contributed by atoms with Gasteiger partial charge in [0.2, 0.25) is 0 Å². The predicted molar refractivity (Wildman–Crippen MR) is 83.6 cm³/mol. The predicted octanol–water partition coefficient (Wildman–Crippen LogP) is 3.71. The molecular weight excluding hydrogens is 346 g/mol. The second-order valence-electron chi connectivity index (χ2n) is 3.76. The standard InChI is InChI=1S/C12H12Cl4N2O2/c1-7(12(19)18-17-9(5-13)6-14)20-11-3-2-8(15)4-10(11)16/h2-4,7H,5-6H2,1H3,(H,18,19). The Hall–Kier alpha value is -0.680. The van der Waals surface area contributed by atoms with Crippen molar-refractivity contribution in [2.45, 2.75) is 13.0 Å². The Labute approximate surface area is 137 Å². The fraction of sp³-hybridized carbons (Fsp3) is 0.333. The van der Waals surface area contributed by atoms with E-state index in [0.717, 1.165) is 0 Å². The highest BCUT2D eigenvalue weighted by atomic mass is 35.5. The molecule has 8 heteroatoms. The van der Waals surface area contributed by atoms with E-state index in [0.29, 0.717) is 21.5 Å². The minimum Gasteiger partial charge on any atom is -0.479 e. The van der Waals surface area contributed by atoms with Crippen LogP contribution in [0.25, 0.3) is 0 Å². The van der Waals surface area contributed by atoms with Crippen LogP contribution in [-0.4, -0.2) is 29.5 Å². The molecule has 1 N–H and O–H groups in total. The van der Waals surface area contributed by atoms with Crippen molar-refractivity contribution in [3.8, 4) is 5.75 Å². The van der Waals surface area contributed by atoms with Crippen LogP contribution in [0.15, 0.2) is 23.3 Å². The highest BCUT2D eigenvalue weighted by Crippen LogP contribution is 2.28. The number of halogens is 4. The molecule has 0 bridgehead atoms. The summed E-state index contributed by atoms with van der Waals surface area (Å²) < 4.78 is 5.42. The van der Waals surface area contributed by atoms with Gasteiger partial charge in [-0.2, -0.15) is 5.10 Å². The van der Waals surface area contributed by atoms with Gasteiger partial charge in [-0.25, -0.2) is 5.43 Å². The van der Waals surface area contributed by atoms with Crippen molar-refractivity contribution in [3.05, 3.63) is 28.2 Å². The molecule has 1 atom stereocenters. The summed E-state index contributed by atoms with van der Waals surface area (Å²) in [6.07, 6.45) is -0.788. The maximum absolute atomic E-state index is 11.8. The average molecular weight is 358 g/mol. The van der Waals surface area contributed by atoms with Gasteiger partial charge in [0.25, 0.3) is 5.91 Å². The molecular formula is C12H12Cl4N2O2. The number of ether oxygens (including phenoxy) is 1. The van der Waals surface area contributed by atoms with Crippen LogP contribution in [0.3, 0.4) is 0 Å². The fourth-order valence-corrected chi connectivity index (χ4v) is 1.99. The number of amides is 1. The van der Waals surface area contributed by atoms with E-state index in [1.165, 1.54) is 6.07 Å². The molecule has 0 aromatic heterocycles. The Morgan fingerprint density at radius 2 is 2.00 bits per heavy atom. The third kappa shape index (κ3) is 5.37.